The predicted molar refractivity (Wildman–Crippen MR) is 61.7 cm³/mol. The van der Waals surface area contributed by atoms with Gasteiger partial charge in [0.1, 0.15) is 5.76 Å². The molecule has 15 heavy (non-hydrogen) atoms. The number of hydrogen-bond donors (Lipinski definition) is 1. The minimum absolute atomic E-state index is 0.343. The van der Waals surface area contributed by atoms with E-state index in [1.165, 1.54) is 25.7 Å². The largest absolute Gasteiger partial charge is 0.468 e. The van der Waals surface area contributed by atoms with Crippen molar-refractivity contribution in [2.24, 2.45) is 5.92 Å². The van der Waals surface area contributed by atoms with Crippen LogP contribution >= 0.6 is 0 Å². The Morgan fingerprint density at radius 3 is 3.00 bits per heavy atom. The van der Waals surface area contributed by atoms with Crippen LogP contribution in [0.1, 0.15) is 51.3 Å². The molecule has 1 aliphatic carbocycles. The molecule has 0 radical (unpaired) electrons. The van der Waals surface area contributed by atoms with Crippen molar-refractivity contribution in [2.75, 3.05) is 0 Å². The van der Waals surface area contributed by atoms with Crippen LogP contribution < -0.4 is 5.32 Å². The van der Waals surface area contributed by atoms with Gasteiger partial charge in [0.15, 0.2) is 0 Å². The second kappa shape index (κ2) is 4.84. The molecule has 0 bridgehead atoms. The van der Waals surface area contributed by atoms with Crippen LogP contribution in [0.3, 0.4) is 0 Å². The van der Waals surface area contributed by atoms with Crippen LogP contribution in [0.4, 0.5) is 0 Å². The van der Waals surface area contributed by atoms with Crippen molar-refractivity contribution in [1.82, 2.24) is 5.32 Å². The highest BCUT2D eigenvalue weighted by atomic mass is 16.3. The van der Waals surface area contributed by atoms with E-state index in [2.05, 4.69) is 19.2 Å². The van der Waals surface area contributed by atoms with Gasteiger partial charge < -0.3 is 9.73 Å². The molecule has 1 fully saturated rings. The molecule has 2 rings (SSSR count). The summed E-state index contributed by atoms with van der Waals surface area (Å²) in [4.78, 5) is 0. The molecule has 0 saturated heterocycles. The van der Waals surface area contributed by atoms with E-state index in [4.69, 9.17) is 4.42 Å². The first-order chi connectivity index (χ1) is 7.25. The van der Waals surface area contributed by atoms with Crippen LogP contribution in [0.25, 0.3) is 0 Å². The number of nitrogens with one attached hydrogen (secondary N) is 1. The Kier molecular flexibility index (Phi) is 3.47. The second-order valence-corrected chi connectivity index (χ2v) is 4.87. The lowest BCUT2D eigenvalue weighted by atomic mass is 9.87. The summed E-state index contributed by atoms with van der Waals surface area (Å²) >= 11 is 0. The van der Waals surface area contributed by atoms with Crippen LogP contribution in [0, 0.1) is 5.92 Å². The van der Waals surface area contributed by atoms with Crippen LogP contribution in [0.2, 0.25) is 0 Å². The molecule has 1 saturated carbocycles. The van der Waals surface area contributed by atoms with Gasteiger partial charge in [-0.05, 0) is 37.8 Å². The first-order valence-corrected chi connectivity index (χ1v) is 6.05. The summed E-state index contributed by atoms with van der Waals surface area (Å²) in [6, 6.07) is 5.02. The van der Waals surface area contributed by atoms with Gasteiger partial charge in [0, 0.05) is 6.04 Å². The van der Waals surface area contributed by atoms with E-state index in [1.54, 1.807) is 6.26 Å². The van der Waals surface area contributed by atoms with Gasteiger partial charge in [0.05, 0.1) is 12.3 Å². The van der Waals surface area contributed by atoms with Crippen molar-refractivity contribution in [3.8, 4) is 0 Å². The molecule has 2 nitrogen and oxygen atoms in total. The quantitative estimate of drug-likeness (QED) is 0.820. The summed E-state index contributed by atoms with van der Waals surface area (Å²) in [7, 11) is 0. The van der Waals surface area contributed by atoms with Gasteiger partial charge in [0.2, 0.25) is 0 Å². The average molecular weight is 207 g/mol. The van der Waals surface area contributed by atoms with Gasteiger partial charge in [0.25, 0.3) is 0 Å². The van der Waals surface area contributed by atoms with Gasteiger partial charge in [-0.2, -0.15) is 0 Å². The van der Waals surface area contributed by atoms with E-state index in [-0.39, 0.29) is 0 Å². The maximum absolute atomic E-state index is 5.40. The summed E-state index contributed by atoms with van der Waals surface area (Å²) in [5, 5.41) is 3.66. The molecule has 3 atom stereocenters. The monoisotopic (exact) mass is 207 g/mol. The molecule has 84 valence electrons. The fourth-order valence-electron chi connectivity index (χ4n) is 2.56. The van der Waals surface area contributed by atoms with Gasteiger partial charge in [-0.3, -0.25) is 0 Å². The molecule has 2 unspecified atom stereocenters. The molecule has 1 aromatic rings. The maximum Gasteiger partial charge on any atom is 0.120 e. The molecule has 1 heterocycles. The molecule has 0 spiro atoms. The smallest absolute Gasteiger partial charge is 0.120 e. The Balaban J connectivity index is 1.86. The lowest BCUT2D eigenvalue weighted by Gasteiger charge is -2.29. The summed E-state index contributed by atoms with van der Waals surface area (Å²) in [5.41, 5.74) is 0. The van der Waals surface area contributed by atoms with Crippen molar-refractivity contribution < 1.29 is 4.42 Å². The topological polar surface area (TPSA) is 25.2 Å². The first kappa shape index (κ1) is 10.7. The Labute approximate surface area is 92.1 Å². The zero-order valence-corrected chi connectivity index (χ0v) is 9.70. The van der Waals surface area contributed by atoms with Gasteiger partial charge in [-0.25, -0.2) is 0 Å². The van der Waals surface area contributed by atoms with Crippen LogP contribution in [-0.2, 0) is 0 Å². The zero-order valence-electron chi connectivity index (χ0n) is 9.70. The van der Waals surface area contributed by atoms with Crippen LogP contribution in [0.15, 0.2) is 22.8 Å². The van der Waals surface area contributed by atoms with Crippen molar-refractivity contribution in [3.05, 3.63) is 24.2 Å². The lowest BCUT2D eigenvalue weighted by molar-refractivity contribution is 0.274. The van der Waals surface area contributed by atoms with E-state index in [1.807, 2.05) is 12.1 Å². The summed E-state index contributed by atoms with van der Waals surface area (Å²) in [6.07, 6.45) is 7.13. The van der Waals surface area contributed by atoms with Crippen molar-refractivity contribution in [3.63, 3.8) is 0 Å². The van der Waals surface area contributed by atoms with Crippen molar-refractivity contribution in [1.29, 1.82) is 0 Å². The Morgan fingerprint density at radius 2 is 2.33 bits per heavy atom. The van der Waals surface area contributed by atoms with Crippen molar-refractivity contribution in [2.45, 2.75) is 51.6 Å². The summed E-state index contributed by atoms with van der Waals surface area (Å²) in [5.74, 6) is 1.92. The molecular formula is C13H21NO. The van der Waals surface area contributed by atoms with E-state index < -0.39 is 0 Å². The Hall–Kier alpha value is -0.760. The van der Waals surface area contributed by atoms with Crippen LogP contribution in [-0.4, -0.2) is 6.04 Å². The van der Waals surface area contributed by atoms with Gasteiger partial charge in [-0.15, -0.1) is 0 Å². The normalized spacial score (nSPS) is 28.9. The minimum Gasteiger partial charge on any atom is -0.468 e. The van der Waals surface area contributed by atoms with E-state index in [9.17, 15) is 0 Å². The summed E-state index contributed by atoms with van der Waals surface area (Å²) < 4.78 is 5.40. The summed E-state index contributed by atoms with van der Waals surface area (Å²) in [6.45, 7) is 4.53. The highest BCUT2D eigenvalue weighted by Gasteiger charge is 2.21. The molecule has 1 aliphatic rings. The van der Waals surface area contributed by atoms with Gasteiger partial charge in [-0.1, -0.05) is 19.8 Å². The fraction of sp³-hybridized carbons (Fsp3) is 0.692. The molecule has 0 aliphatic heterocycles. The fourth-order valence-corrected chi connectivity index (χ4v) is 2.56. The average Bonchev–Trinajstić information content (AvgIpc) is 2.70. The number of furan rings is 1. The van der Waals surface area contributed by atoms with E-state index in [0.29, 0.717) is 12.1 Å². The molecule has 1 N–H and O–H groups in total. The minimum atomic E-state index is 0.343. The first-order valence-electron chi connectivity index (χ1n) is 6.05. The van der Waals surface area contributed by atoms with E-state index in [0.717, 1.165) is 11.7 Å². The highest BCUT2D eigenvalue weighted by molar-refractivity contribution is 5.03. The third-order valence-corrected chi connectivity index (χ3v) is 3.39. The zero-order chi connectivity index (χ0) is 10.7. The van der Waals surface area contributed by atoms with E-state index >= 15 is 0 Å². The molecule has 1 aromatic heterocycles. The third kappa shape index (κ3) is 2.85. The highest BCUT2D eigenvalue weighted by Crippen LogP contribution is 2.25. The van der Waals surface area contributed by atoms with Crippen LogP contribution in [0.5, 0.6) is 0 Å². The Morgan fingerprint density at radius 1 is 1.47 bits per heavy atom. The molecule has 0 amide bonds. The Bertz CT molecular complexity index is 281. The number of rotatable bonds is 3. The maximum atomic E-state index is 5.40. The molecule has 2 heteroatoms. The standard InChI is InChI=1S/C13H21NO/c1-10-5-3-6-12(9-10)14-11(2)13-7-4-8-15-13/h4,7-8,10-12,14H,3,5-6,9H2,1-2H3/t10?,11-,12?/m0/s1. The predicted octanol–water partition coefficient (Wildman–Crippen LogP) is 3.51. The molecular weight excluding hydrogens is 186 g/mol. The third-order valence-electron chi connectivity index (χ3n) is 3.39. The van der Waals surface area contributed by atoms with Crippen molar-refractivity contribution >= 4 is 0 Å². The second-order valence-electron chi connectivity index (χ2n) is 4.87. The lowest BCUT2D eigenvalue weighted by Crippen LogP contribution is -2.35. The number of hydrogen-bond acceptors (Lipinski definition) is 2. The van der Waals surface area contributed by atoms with Gasteiger partial charge >= 0.3 is 0 Å². The SMILES string of the molecule is CC1CCCC(N[C@@H](C)c2ccco2)C1. The molecule has 0 aromatic carbocycles.